The average Bonchev–Trinajstić information content (AvgIpc) is 2.45. The molecule has 80 valence electrons. The van der Waals surface area contributed by atoms with Crippen LogP contribution in [0.5, 0.6) is 0 Å². The minimum atomic E-state index is 0.196. The van der Waals surface area contributed by atoms with Gasteiger partial charge in [-0.3, -0.25) is 4.68 Å². The maximum atomic E-state index is 6.08. The van der Waals surface area contributed by atoms with E-state index in [1.54, 1.807) is 6.20 Å². The van der Waals surface area contributed by atoms with Gasteiger partial charge in [0.1, 0.15) is 0 Å². The highest BCUT2D eigenvalue weighted by atomic mass is 35.5. The van der Waals surface area contributed by atoms with Crippen LogP contribution in [0, 0.1) is 0 Å². The Labute approximate surface area is 90.2 Å². The fourth-order valence-electron chi connectivity index (χ4n) is 1.78. The summed E-state index contributed by atoms with van der Waals surface area (Å²) >= 11 is 6.08. The van der Waals surface area contributed by atoms with E-state index in [1.807, 2.05) is 11.6 Å². The maximum Gasteiger partial charge on any atom is 0.0820 e. The fraction of sp³-hybridized carbons (Fsp3) is 0.700. The van der Waals surface area contributed by atoms with Crippen molar-refractivity contribution < 1.29 is 0 Å². The highest BCUT2D eigenvalue weighted by molar-refractivity contribution is 6.31. The van der Waals surface area contributed by atoms with Gasteiger partial charge >= 0.3 is 0 Å². The first-order chi connectivity index (χ1) is 6.56. The number of nitrogens with two attached hydrogens (primary N) is 1. The highest BCUT2D eigenvalue weighted by Crippen LogP contribution is 2.27. The second kappa shape index (κ2) is 4.80. The summed E-state index contributed by atoms with van der Waals surface area (Å²) in [5.74, 6) is 0.366. The molecule has 2 unspecified atom stereocenters. The molecule has 3 nitrogen and oxygen atoms in total. The van der Waals surface area contributed by atoms with E-state index < -0.39 is 0 Å². The molecule has 0 aliphatic carbocycles. The van der Waals surface area contributed by atoms with Gasteiger partial charge in [-0.25, -0.2) is 0 Å². The van der Waals surface area contributed by atoms with Crippen molar-refractivity contribution in [2.75, 3.05) is 0 Å². The molecule has 1 heterocycles. The zero-order valence-corrected chi connectivity index (χ0v) is 9.75. The molecule has 2 atom stereocenters. The number of aromatic nitrogens is 2. The topological polar surface area (TPSA) is 43.8 Å². The van der Waals surface area contributed by atoms with Crippen molar-refractivity contribution in [3.63, 3.8) is 0 Å². The Morgan fingerprint density at radius 2 is 2.21 bits per heavy atom. The van der Waals surface area contributed by atoms with Crippen LogP contribution in [0.2, 0.25) is 5.02 Å². The lowest BCUT2D eigenvalue weighted by Gasteiger charge is -2.15. The summed E-state index contributed by atoms with van der Waals surface area (Å²) in [5.41, 5.74) is 6.87. The molecule has 2 N–H and O–H groups in total. The van der Waals surface area contributed by atoms with Gasteiger partial charge in [0.2, 0.25) is 0 Å². The summed E-state index contributed by atoms with van der Waals surface area (Å²) in [6, 6.07) is 0.196. The molecule has 0 bridgehead atoms. The van der Waals surface area contributed by atoms with Crippen LogP contribution in [0.3, 0.4) is 0 Å². The maximum absolute atomic E-state index is 6.08. The van der Waals surface area contributed by atoms with E-state index in [-0.39, 0.29) is 6.04 Å². The number of aryl methyl sites for hydroxylation is 1. The smallest absolute Gasteiger partial charge is 0.0820 e. The lowest BCUT2D eigenvalue weighted by molar-refractivity contribution is 0.526. The van der Waals surface area contributed by atoms with E-state index in [2.05, 4.69) is 18.9 Å². The summed E-state index contributed by atoms with van der Waals surface area (Å²) in [7, 11) is 0. The van der Waals surface area contributed by atoms with Gasteiger partial charge in [-0.2, -0.15) is 5.10 Å². The van der Waals surface area contributed by atoms with Gasteiger partial charge in [-0.15, -0.1) is 0 Å². The zero-order chi connectivity index (χ0) is 10.7. The molecule has 0 aliphatic heterocycles. The van der Waals surface area contributed by atoms with E-state index in [0.717, 1.165) is 23.7 Å². The monoisotopic (exact) mass is 215 g/mol. The van der Waals surface area contributed by atoms with E-state index in [9.17, 15) is 0 Å². The molecule has 0 aromatic carbocycles. The molecule has 0 aliphatic rings. The van der Waals surface area contributed by atoms with Crippen LogP contribution in [0.25, 0.3) is 0 Å². The molecule has 1 aromatic rings. The predicted molar refractivity (Wildman–Crippen MR) is 59.6 cm³/mol. The molecule has 1 rings (SSSR count). The number of hydrogen-bond donors (Lipinski definition) is 1. The van der Waals surface area contributed by atoms with Crippen molar-refractivity contribution in [2.24, 2.45) is 5.73 Å². The summed E-state index contributed by atoms with van der Waals surface area (Å²) < 4.78 is 1.94. The Balaban J connectivity index is 2.86. The number of nitrogens with zero attached hydrogens (tertiary/aromatic N) is 2. The van der Waals surface area contributed by atoms with Gasteiger partial charge in [0.05, 0.1) is 16.9 Å². The van der Waals surface area contributed by atoms with Crippen molar-refractivity contribution in [3.8, 4) is 0 Å². The number of hydrogen-bond acceptors (Lipinski definition) is 2. The molecule has 0 amide bonds. The Morgan fingerprint density at radius 1 is 1.57 bits per heavy atom. The van der Waals surface area contributed by atoms with E-state index in [1.165, 1.54) is 0 Å². The van der Waals surface area contributed by atoms with Gasteiger partial charge in [-0.1, -0.05) is 18.5 Å². The molecule has 0 saturated heterocycles. The van der Waals surface area contributed by atoms with E-state index >= 15 is 0 Å². The number of rotatable bonds is 4. The molecule has 0 saturated carbocycles. The van der Waals surface area contributed by atoms with Crippen molar-refractivity contribution in [3.05, 3.63) is 16.9 Å². The van der Waals surface area contributed by atoms with Crippen molar-refractivity contribution >= 4 is 11.6 Å². The van der Waals surface area contributed by atoms with Crippen LogP contribution in [0.15, 0.2) is 6.20 Å². The molecule has 14 heavy (non-hydrogen) atoms. The molecular weight excluding hydrogens is 198 g/mol. The Kier molecular flexibility index (Phi) is 3.96. The minimum Gasteiger partial charge on any atom is -0.328 e. The Morgan fingerprint density at radius 3 is 2.71 bits per heavy atom. The largest absolute Gasteiger partial charge is 0.328 e. The third kappa shape index (κ3) is 2.49. The molecule has 1 aromatic heterocycles. The summed E-state index contributed by atoms with van der Waals surface area (Å²) in [4.78, 5) is 0. The van der Waals surface area contributed by atoms with Crippen molar-refractivity contribution in [1.82, 2.24) is 9.78 Å². The standard InChI is InChI=1S/C10H18ClN3/c1-4-14-10(9(11)6-13-14)7(2)5-8(3)12/h6-8H,4-5,12H2,1-3H3. The van der Waals surface area contributed by atoms with E-state index in [4.69, 9.17) is 17.3 Å². The predicted octanol–water partition coefficient (Wildman–Crippen LogP) is 2.40. The van der Waals surface area contributed by atoms with Crippen LogP contribution in [-0.2, 0) is 6.54 Å². The normalized spacial score (nSPS) is 15.5. The highest BCUT2D eigenvalue weighted by Gasteiger charge is 2.16. The SMILES string of the molecule is CCn1ncc(Cl)c1C(C)CC(C)N. The van der Waals surface area contributed by atoms with Gasteiger partial charge in [0, 0.05) is 18.5 Å². The first-order valence-electron chi connectivity index (χ1n) is 5.03. The molecule has 0 radical (unpaired) electrons. The fourth-order valence-corrected chi connectivity index (χ4v) is 2.11. The van der Waals surface area contributed by atoms with Gasteiger partial charge in [-0.05, 0) is 20.3 Å². The van der Waals surface area contributed by atoms with Crippen LogP contribution in [-0.4, -0.2) is 15.8 Å². The van der Waals surface area contributed by atoms with Crippen LogP contribution >= 0.6 is 11.6 Å². The zero-order valence-electron chi connectivity index (χ0n) is 9.00. The minimum absolute atomic E-state index is 0.196. The van der Waals surface area contributed by atoms with Crippen molar-refractivity contribution in [2.45, 2.75) is 45.7 Å². The average molecular weight is 216 g/mol. The molecular formula is C10H18ClN3. The first-order valence-corrected chi connectivity index (χ1v) is 5.40. The van der Waals surface area contributed by atoms with Gasteiger partial charge in [0.25, 0.3) is 0 Å². The summed E-state index contributed by atoms with van der Waals surface area (Å²) in [5, 5.41) is 4.96. The lowest BCUT2D eigenvalue weighted by Crippen LogP contribution is -2.19. The Bertz CT molecular complexity index is 294. The molecule has 0 fully saturated rings. The number of halogens is 1. The third-order valence-corrected chi connectivity index (χ3v) is 2.62. The summed E-state index contributed by atoms with van der Waals surface area (Å²) in [6.07, 6.45) is 2.64. The quantitative estimate of drug-likeness (QED) is 0.838. The summed E-state index contributed by atoms with van der Waals surface area (Å²) in [6.45, 7) is 7.06. The second-order valence-corrected chi connectivity index (χ2v) is 4.21. The van der Waals surface area contributed by atoms with Gasteiger partial charge < -0.3 is 5.73 Å². The second-order valence-electron chi connectivity index (χ2n) is 3.81. The van der Waals surface area contributed by atoms with E-state index in [0.29, 0.717) is 5.92 Å². The van der Waals surface area contributed by atoms with Gasteiger partial charge in [0.15, 0.2) is 0 Å². The van der Waals surface area contributed by atoms with Crippen LogP contribution in [0.1, 0.15) is 38.8 Å². The Hall–Kier alpha value is -0.540. The molecule has 0 spiro atoms. The third-order valence-electron chi connectivity index (χ3n) is 2.32. The lowest BCUT2D eigenvalue weighted by atomic mass is 10.00. The van der Waals surface area contributed by atoms with Crippen molar-refractivity contribution in [1.29, 1.82) is 0 Å². The molecule has 4 heteroatoms. The van der Waals surface area contributed by atoms with Crippen LogP contribution < -0.4 is 5.73 Å². The van der Waals surface area contributed by atoms with Crippen LogP contribution in [0.4, 0.5) is 0 Å². The first kappa shape index (κ1) is 11.5.